The summed E-state index contributed by atoms with van der Waals surface area (Å²) in [5.74, 6) is -1.82. The molecule has 0 saturated carbocycles. The number of aryl methyl sites for hydroxylation is 1. The number of hydrogen-bond donors (Lipinski definition) is 5. The number of hydrogen-bond acceptors (Lipinski definition) is 9. The molecule has 1 aliphatic heterocycles. The van der Waals surface area contributed by atoms with Crippen molar-refractivity contribution in [2.45, 2.75) is 65.4 Å². The third kappa shape index (κ3) is 4.15. The molecular formula is C30H31N3O7. The standard InChI is InChI=1S/C30H31N3O7/c1-13(34)7-6-8-22-32-18-10-9-17(11-19(18)33-22)31-15(3)23-20(36)12-21-30(5,29(23)39)25-27(38)14(2)26(37)24(16(4)35)28(25)40-21/h9-13,31,34,37-38H,6-8H2,1-5H3,(H,32,33). The first-order chi connectivity index (χ1) is 18.8. The lowest BCUT2D eigenvalue weighted by Crippen LogP contribution is -2.40. The van der Waals surface area contributed by atoms with Gasteiger partial charge >= 0.3 is 0 Å². The van der Waals surface area contributed by atoms with Crippen molar-refractivity contribution in [2.75, 3.05) is 5.32 Å². The third-order valence-corrected chi connectivity index (χ3v) is 7.66. The highest BCUT2D eigenvalue weighted by atomic mass is 16.5. The average Bonchev–Trinajstić information content (AvgIpc) is 3.40. The zero-order chi connectivity index (χ0) is 29.1. The predicted molar refractivity (Wildman–Crippen MR) is 148 cm³/mol. The Bertz CT molecular complexity index is 1680. The molecule has 2 atom stereocenters. The van der Waals surface area contributed by atoms with E-state index in [-0.39, 0.29) is 45.6 Å². The molecule has 2 aromatic carbocycles. The summed E-state index contributed by atoms with van der Waals surface area (Å²) in [5, 5.41) is 34.1. The number of nitrogens with one attached hydrogen (secondary N) is 2. The van der Waals surface area contributed by atoms with Crippen molar-refractivity contribution in [3.63, 3.8) is 0 Å². The number of rotatable bonds is 7. The topological polar surface area (TPSA) is 162 Å². The molecule has 0 fully saturated rings. The van der Waals surface area contributed by atoms with Gasteiger partial charge in [0.15, 0.2) is 17.3 Å². The molecule has 5 N–H and O–H groups in total. The summed E-state index contributed by atoms with van der Waals surface area (Å²) < 4.78 is 5.81. The highest BCUT2D eigenvalue weighted by Crippen LogP contribution is 2.57. The third-order valence-electron chi connectivity index (χ3n) is 7.66. The smallest absolute Gasteiger partial charge is 0.194 e. The molecule has 0 radical (unpaired) electrons. The number of carbonyl (C=O) groups excluding carboxylic acids is 3. The zero-order valence-electron chi connectivity index (χ0n) is 22.9. The number of imidazole rings is 1. The number of aromatic amines is 1. The van der Waals surface area contributed by atoms with E-state index < -0.39 is 28.5 Å². The second-order valence-corrected chi connectivity index (χ2v) is 10.7. The number of ether oxygens (including phenoxy) is 1. The number of benzene rings is 2. The van der Waals surface area contributed by atoms with Gasteiger partial charge in [0.1, 0.15) is 39.8 Å². The van der Waals surface area contributed by atoms with Crippen molar-refractivity contribution in [1.82, 2.24) is 9.97 Å². The molecule has 1 aromatic heterocycles. The van der Waals surface area contributed by atoms with Crippen LogP contribution < -0.4 is 10.1 Å². The van der Waals surface area contributed by atoms with E-state index >= 15 is 0 Å². The van der Waals surface area contributed by atoms with Gasteiger partial charge in [0.2, 0.25) is 0 Å². The monoisotopic (exact) mass is 545 g/mol. The van der Waals surface area contributed by atoms with Crippen LogP contribution in [0.15, 0.2) is 41.3 Å². The Hall–Kier alpha value is -4.44. The molecule has 0 amide bonds. The van der Waals surface area contributed by atoms with Crippen LogP contribution in [0.3, 0.4) is 0 Å². The first-order valence-electron chi connectivity index (χ1n) is 13.1. The van der Waals surface area contributed by atoms with Crippen LogP contribution in [0.2, 0.25) is 0 Å². The molecule has 2 aliphatic rings. The molecule has 1 aliphatic carbocycles. The zero-order valence-corrected chi connectivity index (χ0v) is 22.9. The lowest BCUT2D eigenvalue weighted by atomic mass is 9.70. The van der Waals surface area contributed by atoms with Gasteiger partial charge < -0.3 is 30.4 Å². The number of anilines is 1. The van der Waals surface area contributed by atoms with E-state index in [9.17, 15) is 29.7 Å². The molecule has 3 aromatic rings. The van der Waals surface area contributed by atoms with Gasteiger partial charge in [-0.1, -0.05) is 0 Å². The second kappa shape index (κ2) is 9.63. The molecule has 40 heavy (non-hydrogen) atoms. The van der Waals surface area contributed by atoms with Gasteiger partial charge in [0.25, 0.3) is 0 Å². The first kappa shape index (κ1) is 27.1. The number of phenolic OH excluding ortho intramolecular Hbond substituents is 2. The number of fused-ring (bicyclic) bond motifs is 4. The number of aromatic hydroxyl groups is 2. The number of ketones is 3. The number of aliphatic hydroxyl groups is 1. The summed E-state index contributed by atoms with van der Waals surface area (Å²) in [4.78, 5) is 47.4. The SMILES string of the molecule is CC(=O)c1c(O)c(C)c(O)c2c1OC1=CC(=O)C(=C(C)Nc3ccc4nc(CCCC(C)O)[nH]c4c3)C(=O)C12C. The largest absolute Gasteiger partial charge is 0.507 e. The lowest BCUT2D eigenvalue weighted by Gasteiger charge is -2.29. The molecule has 10 nitrogen and oxygen atoms in total. The van der Waals surface area contributed by atoms with E-state index in [1.165, 1.54) is 26.8 Å². The van der Waals surface area contributed by atoms with E-state index in [1.807, 2.05) is 12.1 Å². The maximum absolute atomic E-state index is 14.0. The van der Waals surface area contributed by atoms with Crippen molar-refractivity contribution >= 4 is 34.1 Å². The van der Waals surface area contributed by atoms with Crippen LogP contribution in [0.4, 0.5) is 5.69 Å². The van der Waals surface area contributed by atoms with Gasteiger partial charge in [-0.2, -0.15) is 0 Å². The van der Waals surface area contributed by atoms with Crippen LogP contribution in [0.25, 0.3) is 11.0 Å². The number of aromatic nitrogens is 2. The Kier molecular flexibility index (Phi) is 6.54. The van der Waals surface area contributed by atoms with Crippen molar-refractivity contribution < 1.29 is 34.4 Å². The van der Waals surface area contributed by atoms with Gasteiger partial charge in [0.05, 0.1) is 28.3 Å². The number of phenols is 2. The summed E-state index contributed by atoms with van der Waals surface area (Å²) in [6, 6.07) is 5.45. The molecule has 208 valence electrons. The first-order valence-corrected chi connectivity index (χ1v) is 13.1. The Labute approximate surface area is 230 Å². The summed E-state index contributed by atoms with van der Waals surface area (Å²) in [6.45, 7) is 7.58. The Balaban J connectivity index is 1.51. The highest BCUT2D eigenvalue weighted by molar-refractivity contribution is 6.31. The lowest BCUT2D eigenvalue weighted by molar-refractivity contribution is -0.123. The van der Waals surface area contributed by atoms with Gasteiger partial charge in [-0.05, 0) is 65.7 Å². The summed E-state index contributed by atoms with van der Waals surface area (Å²) >= 11 is 0. The van der Waals surface area contributed by atoms with Crippen molar-refractivity contribution in [2.24, 2.45) is 0 Å². The Morgan fingerprint density at radius 3 is 2.60 bits per heavy atom. The normalized spacial score (nSPS) is 20.1. The van der Waals surface area contributed by atoms with Crippen molar-refractivity contribution in [3.8, 4) is 17.2 Å². The van der Waals surface area contributed by atoms with Crippen LogP contribution in [-0.2, 0) is 21.4 Å². The number of allylic oxidation sites excluding steroid dienone is 4. The highest BCUT2D eigenvalue weighted by Gasteiger charge is 2.56. The summed E-state index contributed by atoms with van der Waals surface area (Å²) in [6.07, 6.45) is 2.99. The Morgan fingerprint density at radius 1 is 1.20 bits per heavy atom. The molecule has 0 spiro atoms. The Morgan fingerprint density at radius 2 is 1.93 bits per heavy atom. The fourth-order valence-electron chi connectivity index (χ4n) is 5.46. The molecule has 0 saturated heterocycles. The minimum Gasteiger partial charge on any atom is -0.507 e. The summed E-state index contributed by atoms with van der Waals surface area (Å²) in [7, 11) is 0. The molecule has 5 rings (SSSR count). The average molecular weight is 546 g/mol. The number of Topliss-reactive ketones (excluding diaryl/α,β-unsaturated/α-hetero) is 2. The predicted octanol–water partition coefficient (Wildman–Crippen LogP) is 4.26. The number of carbonyl (C=O) groups is 3. The molecule has 2 heterocycles. The molecular weight excluding hydrogens is 514 g/mol. The quantitative estimate of drug-likeness (QED) is 0.166. The number of H-pyrrole nitrogens is 1. The van der Waals surface area contributed by atoms with E-state index in [4.69, 9.17) is 4.74 Å². The maximum Gasteiger partial charge on any atom is 0.194 e. The van der Waals surface area contributed by atoms with Crippen LogP contribution in [-0.4, -0.2) is 48.7 Å². The van der Waals surface area contributed by atoms with E-state index in [0.29, 0.717) is 24.2 Å². The molecule has 2 unspecified atom stereocenters. The maximum atomic E-state index is 14.0. The minimum absolute atomic E-state index is 0.0150. The van der Waals surface area contributed by atoms with Crippen LogP contribution >= 0.6 is 0 Å². The van der Waals surface area contributed by atoms with E-state index in [1.54, 1.807) is 19.9 Å². The van der Waals surface area contributed by atoms with Crippen LogP contribution in [0.1, 0.15) is 67.8 Å². The minimum atomic E-state index is -1.58. The molecule has 10 heteroatoms. The van der Waals surface area contributed by atoms with Gasteiger partial charge in [0, 0.05) is 29.4 Å². The second-order valence-electron chi connectivity index (χ2n) is 10.7. The van der Waals surface area contributed by atoms with Gasteiger partial charge in [-0.25, -0.2) is 4.98 Å². The number of nitrogens with zero attached hydrogens (tertiary/aromatic N) is 1. The van der Waals surface area contributed by atoms with Crippen molar-refractivity contribution in [1.29, 1.82) is 0 Å². The van der Waals surface area contributed by atoms with Crippen LogP contribution in [0.5, 0.6) is 17.2 Å². The fourth-order valence-corrected chi connectivity index (χ4v) is 5.46. The fraction of sp³-hybridized carbons (Fsp3) is 0.333. The van der Waals surface area contributed by atoms with Crippen LogP contribution in [0, 0.1) is 6.92 Å². The number of aliphatic hydroxyl groups excluding tert-OH is 1. The van der Waals surface area contributed by atoms with Crippen molar-refractivity contribution in [3.05, 3.63) is 63.8 Å². The van der Waals surface area contributed by atoms with Gasteiger partial charge in [-0.3, -0.25) is 14.4 Å². The van der Waals surface area contributed by atoms with E-state index in [2.05, 4.69) is 15.3 Å². The van der Waals surface area contributed by atoms with Gasteiger partial charge in [-0.15, -0.1) is 0 Å². The molecule has 0 bridgehead atoms. The summed E-state index contributed by atoms with van der Waals surface area (Å²) in [5.41, 5.74) is 0.718. The van der Waals surface area contributed by atoms with E-state index in [0.717, 1.165) is 23.3 Å².